The van der Waals surface area contributed by atoms with Crippen LogP contribution >= 0.6 is 38.9 Å². The molecule has 0 spiro atoms. The lowest BCUT2D eigenvalue weighted by Crippen LogP contribution is -2.49. The van der Waals surface area contributed by atoms with Crippen LogP contribution in [0.25, 0.3) is 10.3 Å². The van der Waals surface area contributed by atoms with Gasteiger partial charge < -0.3 is 9.33 Å². The number of pyridine rings is 1. The molecule has 0 aliphatic carbocycles. The van der Waals surface area contributed by atoms with E-state index >= 15 is 0 Å². The molecular formula is C17H25BrClN3OSSi. The summed E-state index contributed by atoms with van der Waals surface area (Å²) < 4.78 is 8.51. The molecule has 0 radical (unpaired) electrons. The topological polar surface area (TPSA) is 38.2 Å². The third kappa shape index (κ3) is 4.21. The smallest absolute Gasteiger partial charge is 0.192 e. The number of nitrogens with zero attached hydrogens (tertiary/aromatic N) is 3. The van der Waals surface area contributed by atoms with E-state index in [0.29, 0.717) is 5.15 Å². The monoisotopic (exact) mass is 461 g/mol. The predicted molar refractivity (Wildman–Crippen MR) is 114 cm³/mol. The second kappa shape index (κ2) is 7.07. The molecule has 0 amide bonds. The largest absolute Gasteiger partial charge is 0.412 e. The minimum Gasteiger partial charge on any atom is -0.412 e. The summed E-state index contributed by atoms with van der Waals surface area (Å²) in [7, 11) is -1.75. The second-order valence-corrected chi connectivity index (χ2v) is 15.1. The van der Waals surface area contributed by atoms with Gasteiger partial charge in [-0.2, -0.15) is 4.98 Å². The molecule has 0 bridgehead atoms. The zero-order valence-corrected chi connectivity index (χ0v) is 19.6. The summed E-state index contributed by atoms with van der Waals surface area (Å²) in [6, 6.07) is 2.00. The van der Waals surface area contributed by atoms with Crippen LogP contribution in [-0.2, 0) is 4.43 Å². The van der Waals surface area contributed by atoms with Crippen LogP contribution in [0.5, 0.6) is 0 Å². The van der Waals surface area contributed by atoms with E-state index in [-0.39, 0.29) is 11.1 Å². The number of anilines is 1. The summed E-state index contributed by atoms with van der Waals surface area (Å²) in [5, 5.41) is 1.71. The van der Waals surface area contributed by atoms with Gasteiger partial charge in [0.15, 0.2) is 19.1 Å². The van der Waals surface area contributed by atoms with Gasteiger partial charge in [-0.1, -0.05) is 43.7 Å². The van der Waals surface area contributed by atoms with Crippen LogP contribution in [0.2, 0.25) is 23.3 Å². The summed E-state index contributed by atoms with van der Waals surface area (Å²) in [5.41, 5.74) is 0.723. The highest BCUT2D eigenvalue weighted by Gasteiger charge is 2.40. The molecule has 8 heteroatoms. The first kappa shape index (κ1) is 19.5. The molecule has 3 heterocycles. The first-order valence-electron chi connectivity index (χ1n) is 8.62. The van der Waals surface area contributed by atoms with Crippen LogP contribution in [-0.4, -0.2) is 37.5 Å². The van der Waals surface area contributed by atoms with Gasteiger partial charge in [0.2, 0.25) is 0 Å². The Bertz CT molecular complexity index is 738. The highest BCUT2D eigenvalue weighted by Crippen LogP contribution is 2.39. The number of fused-ring (bicyclic) bond motifs is 1. The van der Waals surface area contributed by atoms with Crippen LogP contribution in [0.4, 0.5) is 5.13 Å². The van der Waals surface area contributed by atoms with Crippen LogP contribution in [0.3, 0.4) is 0 Å². The van der Waals surface area contributed by atoms with Gasteiger partial charge in [-0.05, 0) is 53.0 Å². The fourth-order valence-electron chi connectivity index (χ4n) is 2.74. The van der Waals surface area contributed by atoms with Crippen molar-refractivity contribution in [3.63, 3.8) is 0 Å². The van der Waals surface area contributed by atoms with Crippen molar-refractivity contribution in [2.24, 2.45) is 0 Å². The quantitative estimate of drug-likeness (QED) is 0.408. The first-order chi connectivity index (χ1) is 11.6. The zero-order valence-electron chi connectivity index (χ0n) is 15.4. The van der Waals surface area contributed by atoms with Gasteiger partial charge in [-0.25, -0.2) is 4.98 Å². The Balaban J connectivity index is 1.77. The Morgan fingerprint density at radius 1 is 1.36 bits per heavy atom. The average Bonchev–Trinajstić information content (AvgIpc) is 2.89. The molecule has 4 nitrogen and oxygen atoms in total. The SMILES string of the molecule is CC(C)(C)[Si](C)(C)OC1CCCN(c2nc3nc(Cl)c(Br)cc3s2)C1. The van der Waals surface area contributed by atoms with E-state index in [0.717, 1.165) is 45.9 Å². The maximum atomic E-state index is 6.64. The molecule has 25 heavy (non-hydrogen) atoms. The predicted octanol–water partition coefficient (Wildman–Crippen LogP) is 6.10. The molecule has 2 aromatic rings. The van der Waals surface area contributed by atoms with E-state index in [4.69, 9.17) is 21.0 Å². The lowest BCUT2D eigenvalue weighted by molar-refractivity contribution is 0.160. The Labute approximate surface area is 168 Å². The maximum absolute atomic E-state index is 6.64. The highest BCUT2D eigenvalue weighted by molar-refractivity contribution is 9.10. The van der Waals surface area contributed by atoms with Gasteiger partial charge in [0, 0.05) is 13.1 Å². The molecule has 0 N–H and O–H groups in total. The number of halogens is 2. The summed E-state index contributed by atoms with van der Waals surface area (Å²) in [4.78, 5) is 11.4. The summed E-state index contributed by atoms with van der Waals surface area (Å²) in [6.45, 7) is 13.5. The lowest BCUT2D eigenvalue weighted by Gasteiger charge is -2.42. The third-order valence-corrected chi connectivity index (χ3v) is 11.9. The van der Waals surface area contributed by atoms with Crippen molar-refractivity contribution in [3.8, 4) is 0 Å². The van der Waals surface area contributed by atoms with Crippen molar-refractivity contribution in [2.75, 3.05) is 18.0 Å². The van der Waals surface area contributed by atoms with Gasteiger partial charge in [-0.15, -0.1) is 0 Å². The summed E-state index contributed by atoms with van der Waals surface area (Å²) in [6.07, 6.45) is 2.54. The van der Waals surface area contributed by atoms with Gasteiger partial charge in [0.25, 0.3) is 0 Å². The number of aromatic nitrogens is 2. The molecule has 2 aromatic heterocycles. The molecule has 0 aromatic carbocycles. The van der Waals surface area contributed by atoms with Crippen LogP contribution < -0.4 is 4.90 Å². The normalized spacial score (nSPS) is 19.6. The lowest BCUT2D eigenvalue weighted by atomic mass is 10.1. The molecule has 1 unspecified atom stereocenters. The van der Waals surface area contributed by atoms with E-state index in [2.05, 4.69) is 59.7 Å². The van der Waals surface area contributed by atoms with Gasteiger partial charge in [0.05, 0.1) is 15.3 Å². The van der Waals surface area contributed by atoms with Crippen molar-refractivity contribution < 1.29 is 4.43 Å². The second-order valence-electron chi connectivity index (χ2n) is 8.17. The van der Waals surface area contributed by atoms with Gasteiger partial charge >= 0.3 is 0 Å². The minimum absolute atomic E-state index is 0.234. The Kier molecular flexibility index (Phi) is 5.53. The Hall–Kier alpha value is -0.213. The Morgan fingerprint density at radius 2 is 2.08 bits per heavy atom. The minimum atomic E-state index is -1.75. The summed E-state index contributed by atoms with van der Waals surface area (Å²) >= 11 is 11.2. The number of hydrogen-bond acceptors (Lipinski definition) is 5. The van der Waals surface area contributed by atoms with Crippen LogP contribution in [0.15, 0.2) is 10.5 Å². The van der Waals surface area contributed by atoms with E-state index in [1.807, 2.05) is 6.07 Å². The molecule has 1 atom stereocenters. The van der Waals surface area contributed by atoms with Crippen molar-refractivity contribution in [3.05, 3.63) is 15.7 Å². The van der Waals surface area contributed by atoms with E-state index < -0.39 is 8.32 Å². The van der Waals surface area contributed by atoms with Gasteiger partial charge in [0.1, 0.15) is 5.15 Å². The highest BCUT2D eigenvalue weighted by atomic mass is 79.9. The number of thiazole rings is 1. The first-order valence-corrected chi connectivity index (χ1v) is 13.5. The number of rotatable bonds is 3. The third-order valence-electron chi connectivity index (χ3n) is 5.20. The Morgan fingerprint density at radius 3 is 2.76 bits per heavy atom. The van der Waals surface area contributed by atoms with E-state index in [9.17, 15) is 0 Å². The van der Waals surface area contributed by atoms with Gasteiger partial charge in [-0.3, -0.25) is 0 Å². The van der Waals surface area contributed by atoms with E-state index in [1.165, 1.54) is 0 Å². The molecule has 1 saturated heterocycles. The van der Waals surface area contributed by atoms with Crippen LogP contribution in [0.1, 0.15) is 33.6 Å². The molecule has 138 valence electrons. The fraction of sp³-hybridized carbons (Fsp3) is 0.647. The molecule has 1 aliphatic rings. The van der Waals surface area contributed by atoms with E-state index in [1.54, 1.807) is 11.3 Å². The van der Waals surface area contributed by atoms with Crippen molar-refractivity contribution in [1.82, 2.24) is 9.97 Å². The molecule has 1 fully saturated rings. The van der Waals surface area contributed by atoms with Crippen molar-refractivity contribution >= 4 is 62.7 Å². The molecule has 0 saturated carbocycles. The number of piperidine rings is 1. The standard InChI is InChI=1S/C17H25BrClN3OSSi/c1-17(2,3)25(4,5)23-11-7-6-8-22(10-11)16-21-15-13(24-16)9-12(18)14(19)20-15/h9,11H,6-8,10H2,1-5H3. The molecule has 3 rings (SSSR count). The summed E-state index contributed by atoms with van der Waals surface area (Å²) in [5.74, 6) is 0. The number of hydrogen-bond donors (Lipinski definition) is 0. The molecule has 1 aliphatic heterocycles. The van der Waals surface area contributed by atoms with Crippen molar-refractivity contribution in [2.45, 2.75) is 57.8 Å². The van der Waals surface area contributed by atoms with Crippen molar-refractivity contribution in [1.29, 1.82) is 0 Å². The zero-order chi connectivity index (χ0) is 18.4. The van der Waals surface area contributed by atoms with Crippen LogP contribution in [0, 0.1) is 0 Å². The average molecular weight is 463 g/mol. The molecular weight excluding hydrogens is 438 g/mol. The fourth-order valence-corrected chi connectivity index (χ4v) is 5.71. The maximum Gasteiger partial charge on any atom is 0.192 e.